The number of para-hydroxylation sites is 1. The van der Waals surface area contributed by atoms with Crippen LogP contribution in [0.1, 0.15) is 84.9 Å². The Morgan fingerprint density at radius 1 is 1.14 bits per heavy atom. The van der Waals surface area contributed by atoms with Crippen LogP contribution in [0.3, 0.4) is 0 Å². The number of aliphatic hydroxyl groups is 2. The van der Waals surface area contributed by atoms with E-state index in [0.29, 0.717) is 24.8 Å². The number of hydroxylamine groups is 1. The lowest BCUT2D eigenvalue weighted by Crippen LogP contribution is -2.63. The molecule has 0 bridgehead atoms. The molecule has 3 N–H and O–H groups in total. The molecule has 0 radical (unpaired) electrons. The number of halogens is 1. The zero-order valence-electron chi connectivity index (χ0n) is 26.9. The summed E-state index contributed by atoms with van der Waals surface area (Å²) in [5.41, 5.74) is 6.17. The van der Waals surface area contributed by atoms with Gasteiger partial charge in [0.15, 0.2) is 12.5 Å². The highest BCUT2D eigenvalue weighted by molar-refractivity contribution is 6.03. The van der Waals surface area contributed by atoms with Crippen LogP contribution in [-0.4, -0.2) is 70.7 Å². The van der Waals surface area contributed by atoms with Crippen molar-refractivity contribution in [1.82, 2.24) is 10.3 Å². The van der Waals surface area contributed by atoms with Crippen LogP contribution < -0.4 is 0 Å². The summed E-state index contributed by atoms with van der Waals surface area (Å²) in [4.78, 5) is 13.1. The fourth-order valence-corrected chi connectivity index (χ4v) is 8.60. The Labute approximate surface area is 255 Å². The number of benzene rings is 1. The molecule has 0 saturated heterocycles. The third-order valence-electron chi connectivity index (χ3n) is 10.8. The van der Waals surface area contributed by atoms with Gasteiger partial charge >= 0.3 is 0 Å². The molecular formula is C34H50FN3O5. The number of aliphatic imine (C=N–C) groups is 1. The van der Waals surface area contributed by atoms with Crippen molar-refractivity contribution in [3.8, 4) is 0 Å². The molecule has 2 saturated carbocycles. The second-order valence-corrected chi connectivity index (χ2v) is 13.8. The molecule has 2 fully saturated rings. The molecule has 0 spiro atoms. The molecule has 0 amide bonds. The fraction of sp³-hybridized carbons (Fsp3) is 0.676. The van der Waals surface area contributed by atoms with E-state index in [1.165, 1.54) is 35.0 Å². The highest BCUT2D eigenvalue weighted by atomic mass is 19.2. The molecule has 238 valence electrons. The first kappa shape index (κ1) is 32.3. The maximum Gasteiger partial charge on any atom is 0.192 e. The molecule has 43 heavy (non-hydrogen) atoms. The Morgan fingerprint density at radius 2 is 1.88 bits per heavy atom. The fourth-order valence-electron chi connectivity index (χ4n) is 8.60. The molecule has 8 nitrogen and oxygen atoms in total. The summed E-state index contributed by atoms with van der Waals surface area (Å²) in [6.45, 7) is 12.6. The smallest absolute Gasteiger partial charge is 0.192 e. The van der Waals surface area contributed by atoms with Crippen molar-refractivity contribution in [2.24, 2.45) is 22.2 Å². The van der Waals surface area contributed by atoms with E-state index in [0.717, 1.165) is 25.0 Å². The number of fused-ring (bicyclic) bond motifs is 9. The number of nitrogens with one attached hydrogen (secondary N) is 1. The Balaban J connectivity index is 0.000000407. The molecule has 1 aliphatic heterocycles. The van der Waals surface area contributed by atoms with Gasteiger partial charge in [0.2, 0.25) is 0 Å². The first-order valence-electron chi connectivity index (χ1n) is 15.8. The number of hydrogen-bond donors (Lipinski definition) is 3. The first-order chi connectivity index (χ1) is 20.4. The lowest BCUT2D eigenvalue weighted by molar-refractivity contribution is -0.325. The summed E-state index contributed by atoms with van der Waals surface area (Å²) < 4.78 is 24.8. The average Bonchev–Trinajstić information content (AvgIpc) is 3.48. The Bertz CT molecular complexity index is 1370. The molecule has 5 atom stereocenters. The van der Waals surface area contributed by atoms with Gasteiger partial charge in [-0.05, 0) is 100 Å². The van der Waals surface area contributed by atoms with Crippen molar-refractivity contribution < 1.29 is 29.0 Å². The van der Waals surface area contributed by atoms with Gasteiger partial charge in [0.1, 0.15) is 5.60 Å². The van der Waals surface area contributed by atoms with Gasteiger partial charge in [-0.3, -0.25) is 9.83 Å². The number of aliphatic hydroxyl groups excluding tert-OH is 2. The van der Waals surface area contributed by atoms with Crippen molar-refractivity contribution in [1.29, 1.82) is 0 Å². The SMILES string of the molecule is CC(C)ON(F)CO.COC12CCC3(C)C(CCC4Cc5c([nH]c6ccccc56)[C@@]43C)C1=CC(=NCCCO)C(C)(C)O2. The third kappa shape index (κ3) is 5.30. The van der Waals surface area contributed by atoms with E-state index >= 15 is 0 Å². The van der Waals surface area contributed by atoms with Crippen LogP contribution >= 0.6 is 0 Å². The van der Waals surface area contributed by atoms with Crippen molar-refractivity contribution in [2.45, 2.75) is 103 Å². The van der Waals surface area contributed by atoms with Crippen molar-refractivity contribution in [3.63, 3.8) is 0 Å². The summed E-state index contributed by atoms with van der Waals surface area (Å²) in [7, 11) is 1.80. The van der Waals surface area contributed by atoms with Gasteiger partial charge in [-0.25, -0.2) is 0 Å². The van der Waals surface area contributed by atoms with Crippen LogP contribution in [0, 0.1) is 17.3 Å². The molecule has 3 aliphatic carbocycles. The maximum absolute atomic E-state index is 11.7. The van der Waals surface area contributed by atoms with Crippen LogP contribution in [0.25, 0.3) is 10.9 Å². The van der Waals surface area contributed by atoms with E-state index in [1.54, 1.807) is 26.5 Å². The van der Waals surface area contributed by atoms with Crippen molar-refractivity contribution >= 4 is 16.6 Å². The summed E-state index contributed by atoms with van der Waals surface area (Å²) in [6, 6.07) is 8.82. The topological polar surface area (TPSA) is 99.5 Å². The number of methoxy groups -OCH3 is 1. The van der Waals surface area contributed by atoms with Gasteiger partial charge in [0.05, 0.1) is 11.8 Å². The van der Waals surface area contributed by atoms with E-state index in [2.05, 4.69) is 67.9 Å². The lowest BCUT2D eigenvalue weighted by atomic mass is 9.44. The second kappa shape index (κ2) is 12.0. The molecule has 9 heteroatoms. The predicted molar refractivity (Wildman–Crippen MR) is 166 cm³/mol. The first-order valence-corrected chi connectivity index (χ1v) is 15.8. The molecule has 1 aromatic carbocycles. The number of rotatable bonds is 7. The van der Waals surface area contributed by atoms with E-state index < -0.39 is 18.1 Å². The Morgan fingerprint density at radius 3 is 2.53 bits per heavy atom. The van der Waals surface area contributed by atoms with E-state index in [9.17, 15) is 9.59 Å². The minimum absolute atomic E-state index is 0.0756. The second-order valence-electron chi connectivity index (χ2n) is 13.8. The van der Waals surface area contributed by atoms with Crippen LogP contribution in [-0.2, 0) is 26.1 Å². The molecule has 2 heterocycles. The summed E-state index contributed by atoms with van der Waals surface area (Å²) in [6.07, 6.45) is 8.22. The van der Waals surface area contributed by atoms with E-state index in [4.69, 9.17) is 19.6 Å². The summed E-state index contributed by atoms with van der Waals surface area (Å²) in [5, 5.41) is 18.6. The number of ether oxygens (including phenoxy) is 2. The average molecular weight is 600 g/mol. The van der Waals surface area contributed by atoms with Crippen LogP contribution in [0.4, 0.5) is 4.48 Å². The van der Waals surface area contributed by atoms with Gasteiger partial charge in [0.25, 0.3) is 0 Å². The van der Waals surface area contributed by atoms with Crippen LogP contribution in [0.2, 0.25) is 0 Å². The van der Waals surface area contributed by atoms with Crippen molar-refractivity contribution in [3.05, 3.63) is 47.2 Å². The number of H-pyrrole nitrogens is 1. The minimum Gasteiger partial charge on any atom is -0.396 e. The van der Waals surface area contributed by atoms with Gasteiger partial charge < -0.3 is 24.7 Å². The highest BCUT2D eigenvalue weighted by Gasteiger charge is 2.66. The normalized spacial score (nSPS) is 33.5. The van der Waals surface area contributed by atoms with E-state index in [-0.39, 0.29) is 28.8 Å². The third-order valence-corrected chi connectivity index (χ3v) is 10.8. The number of hydrogen-bond acceptors (Lipinski definition) is 7. The Kier molecular flexibility index (Phi) is 8.99. The Hall–Kier alpha value is -2.14. The molecule has 6 rings (SSSR count). The monoisotopic (exact) mass is 599 g/mol. The zero-order valence-corrected chi connectivity index (χ0v) is 26.9. The lowest BCUT2D eigenvalue weighted by Gasteiger charge is -2.63. The molecule has 1 aromatic heterocycles. The summed E-state index contributed by atoms with van der Waals surface area (Å²) >= 11 is 0. The zero-order chi connectivity index (χ0) is 31.2. The molecule has 4 aliphatic rings. The quantitative estimate of drug-likeness (QED) is 0.152. The van der Waals surface area contributed by atoms with Crippen molar-refractivity contribution in [2.75, 3.05) is 27.0 Å². The van der Waals surface area contributed by atoms with Gasteiger partial charge in [-0.15, -0.1) is 4.48 Å². The van der Waals surface area contributed by atoms with E-state index in [1.807, 2.05) is 0 Å². The van der Waals surface area contributed by atoms with Gasteiger partial charge in [0, 0.05) is 54.0 Å². The van der Waals surface area contributed by atoms with Crippen LogP contribution in [0.5, 0.6) is 0 Å². The van der Waals surface area contributed by atoms with Gasteiger partial charge in [-0.1, -0.05) is 32.0 Å². The number of nitrogens with zero attached hydrogens (tertiary/aromatic N) is 2. The molecule has 2 aromatic rings. The van der Waals surface area contributed by atoms with Gasteiger partial charge in [-0.2, -0.15) is 0 Å². The standard InChI is InChI=1S/C30H40N2O3.C4H10FNO2/c1-27(2)25(31-15-8-16-33)18-23-22-12-11-19-17-21-20-9-6-7-10-24(20)32-26(21)29(19,4)28(22,3)13-14-30(23,34-5)35-27;1-4(2)8-6(5)3-7/h6-7,9-10,18-19,22,32-33H,8,11-17H2,1-5H3;4,7H,3H2,1-2H3/t19?,22?,28?,29-,30?;/m1./s1. The maximum atomic E-state index is 11.7. The van der Waals surface area contributed by atoms with Crippen LogP contribution in [0.15, 0.2) is 40.9 Å². The highest BCUT2D eigenvalue weighted by Crippen LogP contribution is 2.69. The predicted octanol–water partition coefficient (Wildman–Crippen LogP) is 6.17. The summed E-state index contributed by atoms with van der Waals surface area (Å²) in [5.74, 6) is 0.340. The molecular weight excluding hydrogens is 549 g/mol. The molecule has 4 unspecified atom stereocenters. The minimum atomic E-state index is -0.724. The largest absolute Gasteiger partial charge is 0.396 e. The number of aromatic amines is 1. The number of aromatic nitrogens is 1.